The lowest BCUT2D eigenvalue weighted by Gasteiger charge is -2.30. The van der Waals surface area contributed by atoms with Gasteiger partial charge >= 0.3 is 6.09 Å². The fourth-order valence-electron chi connectivity index (χ4n) is 3.53. The standard InChI is InChI=1S/C17H19N5O3/c1-11-14(12-8-16(23)15-2-5-18-21(15)10-12)9-19-22(11)13-3-6-20(7-4-13)17(24)25/h2,5,8-10,13,23H,3-4,6-7H2,1H3,(H,24,25). The average molecular weight is 341 g/mol. The van der Waals surface area contributed by atoms with Crippen molar-refractivity contribution in [2.24, 2.45) is 0 Å². The SMILES string of the molecule is Cc1c(-c2cc(O)c3ccnn3c2)cnn1C1CCN(C(=O)O)CC1. The molecule has 4 heterocycles. The van der Waals surface area contributed by atoms with E-state index >= 15 is 0 Å². The van der Waals surface area contributed by atoms with Crippen LogP contribution in [0.2, 0.25) is 0 Å². The molecule has 0 aromatic carbocycles. The fraction of sp³-hybridized carbons (Fsp3) is 0.353. The van der Waals surface area contributed by atoms with Gasteiger partial charge in [0.15, 0.2) is 0 Å². The van der Waals surface area contributed by atoms with Crippen molar-refractivity contribution in [2.45, 2.75) is 25.8 Å². The first-order valence-corrected chi connectivity index (χ1v) is 8.23. The summed E-state index contributed by atoms with van der Waals surface area (Å²) in [5.41, 5.74) is 3.45. The van der Waals surface area contributed by atoms with Crippen LogP contribution in [0.4, 0.5) is 4.79 Å². The van der Waals surface area contributed by atoms with E-state index in [1.807, 2.05) is 17.8 Å². The van der Waals surface area contributed by atoms with Gasteiger partial charge in [0.2, 0.25) is 0 Å². The van der Waals surface area contributed by atoms with Gasteiger partial charge in [0.1, 0.15) is 11.3 Å². The van der Waals surface area contributed by atoms with Crippen molar-refractivity contribution in [1.82, 2.24) is 24.3 Å². The molecular formula is C17H19N5O3. The molecule has 8 heteroatoms. The van der Waals surface area contributed by atoms with Crippen LogP contribution in [0.5, 0.6) is 5.75 Å². The van der Waals surface area contributed by atoms with Crippen molar-refractivity contribution in [3.63, 3.8) is 0 Å². The summed E-state index contributed by atoms with van der Waals surface area (Å²) in [6.07, 6.45) is 5.94. The molecule has 1 fully saturated rings. The van der Waals surface area contributed by atoms with Crippen molar-refractivity contribution in [2.75, 3.05) is 13.1 Å². The lowest BCUT2D eigenvalue weighted by Crippen LogP contribution is -2.38. The van der Waals surface area contributed by atoms with Gasteiger partial charge < -0.3 is 15.1 Å². The number of likely N-dealkylation sites (tertiary alicyclic amines) is 1. The van der Waals surface area contributed by atoms with E-state index < -0.39 is 6.09 Å². The van der Waals surface area contributed by atoms with Gasteiger partial charge in [-0.3, -0.25) is 4.68 Å². The number of carbonyl (C=O) groups is 1. The van der Waals surface area contributed by atoms with Gasteiger partial charge in [-0.25, -0.2) is 9.31 Å². The van der Waals surface area contributed by atoms with E-state index in [9.17, 15) is 9.90 Å². The number of nitrogens with zero attached hydrogens (tertiary/aromatic N) is 5. The number of amides is 1. The molecule has 3 aromatic rings. The van der Waals surface area contributed by atoms with Crippen LogP contribution in [-0.4, -0.2) is 53.7 Å². The predicted molar refractivity (Wildman–Crippen MR) is 90.7 cm³/mol. The van der Waals surface area contributed by atoms with E-state index in [1.165, 1.54) is 4.90 Å². The molecule has 0 saturated carbocycles. The van der Waals surface area contributed by atoms with Crippen molar-refractivity contribution >= 4 is 11.6 Å². The van der Waals surface area contributed by atoms with E-state index in [-0.39, 0.29) is 11.8 Å². The van der Waals surface area contributed by atoms with Crippen molar-refractivity contribution < 1.29 is 15.0 Å². The third-order valence-corrected chi connectivity index (χ3v) is 4.92. The molecule has 3 aromatic heterocycles. The lowest BCUT2D eigenvalue weighted by molar-refractivity contribution is 0.123. The minimum absolute atomic E-state index is 0.178. The molecular weight excluding hydrogens is 322 g/mol. The number of pyridine rings is 1. The number of rotatable bonds is 2. The quantitative estimate of drug-likeness (QED) is 0.747. The molecule has 130 valence electrons. The van der Waals surface area contributed by atoms with E-state index in [1.54, 1.807) is 29.0 Å². The van der Waals surface area contributed by atoms with Gasteiger partial charge in [-0.2, -0.15) is 10.2 Å². The number of carboxylic acid groups (broad SMARTS) is 1. The Kier molecular flexibility index (Phi) is 3.60. The van der Waals surface area contributed by atoms with Gasteiger partial charge in [0.25, 0.3) is 0 Å². The number of aromatic nitrogens is 4. The van der Waals surface area contributed by atoms with Crippen LogP contribution >= 0.6 is 0 Å². The van der Waals surface area contributed by atoms with Crippen LogP contribution in [0.15, 0.2) is 30.7 Å². The summed E-state index contributed by atoms with van der Waals surface area (Å²) in [7, 11) is 0. The third kappa shape index (κ3) is 2.59. The van der Waals surface area contributed by atoms with Crippen LogP contribution in [0, 0.1) is 6.92 Å². The van der Waals surface area contributed by atoms with E-state index in [0.29, 0.717) is 18.6 Å². The van der Waals surface area contributed by atoms with Gasteiger partial charge in [-0.05, 0) is 31.9 Å². The molecule has 0 unspecified atom stereocenters. The molecule has 0 bridgehead atoms. The first-order chi connectivity index (χ1) is 12.0. The highest BCUT2D eigenvalue weighted by molar-refractivity contribution is 5.71. The number of aromatic hydroxyl groups is 1. The Bertz CT molecular complexity index is 937. The highest BCUT2D eigenvalue weighted by Crippen LogP contribution is 2.31. The van der Waals surface area contributed by atoms with E-state index in [2.05, 4.69) is 10.2 Å². The van der Waals surface area contributed by atoms with Gasteiger partial charge in [-0.1, -0.05) is 0 Å². The second-order valence-corrected chi connectivity index (χ2v) is 6.36. The Hall–Kier alpha value is -3.03. The summed E-state index contributed by atoms with van der Waals surface area (Å²) >= 11 is 0. The molecule has 1 aliphatic heterocycles. The Morgan fingerprint density at radius 3 is 2.76 bits per heavy atom. The molecule has 1 amide bonds. The second kappa shape index (κ2) is 5.80. The van der Waals surface area contributed by atoms with Crippen molar-refractivity contribution in [3.05, 3.63) is 36.4 Å². The summed E-state index contributed by atoms with van der Waals surface area (Å²) in [5, 5.41) is 28.0. The fourth-order valence-corrected chi connectivity index (χ4v) is 3.53. The number of fused-ring (bicyclic) bond motifs is 1. The Morgan fingerprint density at radius 1 is 1.28 bits per heavy atom. The number of hydrogen-bond donors (Lipinski definition) is 2. The largest absolute Gasteiger partial charge is 0.506 e. The molecule has 0 aliphatic carbocycles. The normalized spacial score (nSPS) is 15.8. The van der Waals surface area contributed by atoms with Crippen molar-refractivity contribution in [1.29, 1.82) is 0 Å². The highest BCUT2D eigenvalue weighted by atomic mass is 16.4. The van der Waals surface area contributed by atoms with Crippen LogP contribution in [0.25, 0.3) is 16.6 Å². The smallest absolute Gasteiger partial charge is 0.407 e. The molecule has 1 saturated heterocycles. The molecule has 1 aliphatic rings. The first-order valence-electron chi connectivity index (χ1n) is 8.23. The highest BCUT2D eigenvalue weighted by Gasteiger charge is 2.25. The molecule has 0 atom stereocenters. The molecule has 25 heavy (non-hydrogen) atoms. The Morgan fingerprint density at radius 2 is 2.04 bits per heavy atom. The average Bonchev–Trinajstić information content (AvgIpc) is 3.21. The zero-order chi connectivity index (χ0) is 17.6. The summed E-state index contributed by atoms with van der Waals surface area (Å²) < 4.78 is 3.62. The minimum atomic E-state index is -0.862. The topological polar surface area (TPSA) is 95.9 Å². The zero-order valence-corrected chi connectivity index (χ0v) is 13.8. The zero-order valence-electron chi connectivity index (χ0n) is 13.8. The Labute approximate surface area is 143 Å². The molecule has 0 spiro atoms. The van der Waals surface area contributed by atoms with Gasteiger partial charge in [0.05, 0.1) is 18.4 Å². The number of hydrogen-bond acceptors (Lipinski definition) is 4. The van der Waals surface area contributed by atoms with Gasteiger partial charge in [-0.15, -0.1) is 0 Å². The van der Waals surface area contributed by atoms with Crippen molar-refractivity contribution in [3.8, 4) is 16.9 Å². The minimum Gasteiger partial charge on any atom is -0.506 e. The summed E-state index contributed by atoms with van der Waals surface area (Å²) in [6, 6.07) is 3.66. The van der Waals surface area contributed by atoms with Crippen LogP contribution in [-0.2, 0) is 0 Å². The van der Waals surface area contributed by atoms with Gasteiger partial charge in [0, 0.05) is 36.1 Å². The van der Waals surface area contributed by atoms with Crippen LogP contribution in [0.1, 0.15) is 24.6 Å². The van der Waals surface area contributed by atoms with E-state index in [0.717, 1.165) is 29.7 Å². The first kappa shape index (κ1) is 15.5. The second-order valence-electron chi connectivity index (χ2n) is 6.36. The van der Waals surface area contributed by atoms with Crippen LogP contribution < -0.4 is 0 Å². The molecule has 2 N–H and O–H groups in total. The Balaban J connectivity index is 1.63. The van der Waals surface area contributed by atoms with Crippen LogP contribution in [0.3, 0.4) is 0 Å². The predicted octanol–water partition coefficient (Wildman–Crippen LogP) is 2.53. The van der Waals surface area contributed by atoms with E-state index in [4.69, 9.17) is 5.11 Å². The molecule has 0 radical (unpaired) electrons. The third-order valence-electron chi connectivity index (χ3n) is 4.92. The maximum Gasteiger partial charge on any atom is 0.407 e. The summed E-state index contributed by atoms with van der Waals surface area (Å²) in [5.74, 6) is 0.178. The maximum atomic E-state index is 11.0. The lowest BCUT2D eigenvalue weighted by atomic mass is 10.0. The maximum absolute atomic E-state index is 11.0. The monoisotopic (exact) mass is 341 g/mol. The summed E-state index contributed by atoms with van der Waals surface area (Å²) in [6.45, 7) is 3.04. The molecule has 4 rings (SSSR count). The summed E-state index contributed by atoms with van der Waals surface area (Å²) in [4.78, 5) is 12.5. The molecule has 8 nitrogen and oxygen atoms in total. The number of piperidine rings is 1.